The molecule has 0 spiro atoms. The normalized spacial score (nSPS) is 29.6. The summed E-state index contributed by atoms with van der Waals surface area (Å²) in [4.78, 5) is 35.1. The van der Waals surface area contributed by atoms with Gasteiger partial charge in [-0.2, -0.15) is 10.1 Å². The first-order valence-corrected chi connectivity index (χ1v) is 8.15. The van der Waals surface area contributed by atoms with E-state index < -0.39 is 45.8 Å². The Bertz CT molecular complexity index is 861. The largest absolute Gasteiger partial charge is 0.872 e. The molecule has 3 aliphatic carbocycles. The highest BCUT2D eigenvalue weighted by Gasteiger charge is 2.56. The predicted octanol–water partition coefficient (Wildman–Crippen LogP) is 0.273. The summed E-state index contributed by atoms with van der Waals surface area (Å²) in [5.74, 6) is -3.45. The summed E-state index contributed by atoms with van der Waals surface area (Å²) in [7, 11) is 0. The van der Waals surface area contributed by atoms with E-state index in [1.165, 1.54) is 0 Å². The number of fused-ring (bicyclic) bond motifs is 1. The SMILES string of the molecule is O=C1[C@@H]2[C@H](C(=O)N1/N=C\c1cc([N+](=O)[O-])c([O-])cc1[O-])[C@H]1C=C[C@H]2CC1. The summed E-state index contributed by atoms with van der Waals surface area (Å²) < 4.78 is 0. The number of hydrogen-bond donors (Lipinski definition) is 0. The number of allylic oxidation sites excluding steroid dienone is 2. The number of benzene rings is 1. The smallest absolute Gasteiger partial charge is 0.262 e. The van der Waals surface area contributed by atoms with Gasteiger partial charge in [0.05, 0.1) is 23.0 Å². The molecule has 9 nitrogen and oxygen atoms in total. The summed E-state index contributed by atoms with van der Waals surface area (Å²) in [6.45, 7) is 0. The molecule has 1 aromatic rings. The summed E-state index contributed by atoms with van der Waals surface area (Å²) in [6.07, 6.45) is 6.57. The number of carbonyl (C=O) groups excluding carboxylic acids is 2. The number of carbonyl (C=O) groups is 2. The van der Waals surface area contributed by atoms with Gasteiger partial charge in [0.2, 0.25) is 0 Å². The first-order chi connectivity index (χ1) is 12.4. The van der Waals surface area contributed by atoms with Crippen molar-refractivity contribution in [3.8, 4) is 11.5 Å². The molecular formula is C17H13N3O6-2. The Labute approximate surface area is 147 Å². The topological polar surface area (TPSA) is 139 Å². The van der Waals surface area contributed by atoms with Gasteiger partial charge in [-0.05, 0) is 36.0 Å². The predicted molar refractivity (Wildman–Crippen MR) is 83.8 cm³/mol. The van der Waals surface area contributed by atoms with Crippen LogP contribution in [0.1, 0.15) is 18.4 Å². The van der Waals surface area contributed by atoms with Crippen LogP contribution in [0, 0.1) is 33.8 Å². The molecule has 2 bridgehead atoms. The molecule has 2 fully saturated rings. The Kier molecular flexibility index (Phi) is 3.53. The highest BCUT2D eigenvalue weighted by atomic mass is 16.6. The number of rotatable bonds is 3. The van der Waals surface area contributed by atoms with E-state index in [0.29, 0.717) is 6.07 Å². The van der Waals surface area contributed by atoms with Crippen LogP contribution in [0.15, 0.2) is 29.4 Å². The minimum atomic E-state index is -1.00. The van der Waals surface area contributed by atoms with Crippen LogP contribution in [-0.2, 0) is 9.59 Å². The van der Waals surface area contributed by atoms with Crippen molar-refractivity contribution in [2.45, 2.75) is 12.8 Å². The van der Waals surface area contributed by atoms with Crippen molar-refractivity contribution in [3.05, 3.63) is 40.0 Å². The van der Waals surface area contributed by atoms with Crippen LogP contribution in [0.25, 0.3) is 0 Å². The molecule has 0 radical (unpaired) electrons. The Morgan fingerprint density at radius 1 is 1.04 bits per heavy atom. The Hall–Kier alpha value is -3.23. The quantitative estimate of drug-likeness (QED) is 0.251. The molecule has 134 valence electrons. The second kappa shape index (κ2) is 5.65. The van der Waals surface area contributed by atoms with Gasteiger partial charge in [0.15, 0.2) is 0 Å². The van der Waals surface area contributed by atoms with Crippen LogP contribution in [0.3, 0.4) is 0 Å². The first-order valence-electron chi connectivity index (χ1n) is 8.15. The molecule has 9 heteroatoms. The number of imide groups is 1. The molecule has 1 saturated carbocycles. The maximum Gasteiger partial charge on any atom is 0.262 e. The molecule has 0 unspecified atom stereocenters. The molecule has 1 aliphatic heterocycles. The molecule has 1 aromatic carbocycles. The lowest BCUT2D eigenvalue weighted by atomic mass is 9.63. The lowest BCUT2D eigenvalue weighted by Gasteiger charge is -2.37. The number of nitro benzene ring substituents is 1. The number of nitrogens with zero attached hydrogens (tertiary/aromatic N) is 3. The fraction of sp³-hybridized carbons (Fsp3) is 0.353. The zero-order valence-corrected chi connectivity index (χ0v) is 13.4. The van der Waals surface area contributed by atoms with E-state index in [2.05, 4.69) is 5.10 Å². The van der Waals surface area contributed by atoms with E-state index in [0.717, 1.165) is 30.1 Å². The average Bonchev–Trinajstić information content (AvgIpc) is 2.88. The molecule has 0 aromatic heterocycles. The van der Waals surface area contributed by atoms with Gasteiger partial charge in [-0.15, -0.1) is 5.75 Å². The summed E-state index contributed by atoms with van der Waals surface area (Å²) in [5, 5.41) is 38.7. The third-order valence-electron chi connectivity index (χ3n) is 5.34. The van der Waals surface area contributed by atoms with Crippen LogP contribution in [-0.4, -0.2) is 28.0 Å². The van der Waals surface area contributed by atoms with Crippen LogP contribution in [0.4, 0.5) is 5.69 Å². The van der Waals surface area contributed by atoms with Crippen molar-refractivity contribution in [1.29, 1.82) is 0 Å². The van der Waals surface area contributed by atoms with Gasteiger partial charge >= 0.3 is 0 Å². The van der Waals surface area contributed by atoms with Crippen molar-refractivity contribution in [1.82, 2.24) is 5.01 Å². The summed E-state index contributed by atoms with van der Waals surface area (Å²) >= 11 is 0. The van der Waals surface area contributed by atoms with E-state index in [4.69, 9.17) is 0 Å². The lowest BCUT2D eigenvalue weighted by molar-refractivity contribution is -0.398. The van der Waals surface area contributed by atoms with Gasteiger partial charge in [0.1, 0.15) is 0 Å². The molecule has 2 amide bonds. The summed E-state index contributed by atoms with van der Waals surface area (Å²) in [5.41, 5.74) is -0.992. The van der Waals surface area contributed by atoms with E-state index in [1.54, 1.807) is 0 Å². The first kappa shape index (κ1) is 16.2. The Morgan fingerprint density at radius 2 is 1.62 bits per heavy atom. The van der Waals surface area contributed by atoms with Crippen molar-refractivity contribution < 1.29 is 24.7 Å². The maximum atomic E-state index is 12.6. The average molecular weight is 355 g/mol. The second-order valence-corrected chi connectivity index (χ2v) is 6.69. The number of hydrogen-bond acceptors (Lipinski definition) is 7. The molecule has 4 atom stereocenters. The van der Waals surface area contributed by atoms with E-state index in [-0.39, 0.29) is 17.4 Å². The van der Waals surface area contributed by atoms with Crippen LogP contribution in [0.5, 0.6) is 11.5 Å². The Balaban J connectivity index is 1.64. The summed E-state index contributed by atoms with van der Waals surface area (Å²) in [6, 6.07) is 1.40. The van der Waals surface area contributed by atoms with E-state index >= 15 is 0 Å². The van der Waals surface area contributed by atoms with E-state index in [1.807, 2.05) is 12.2 Å². The van der Waals surface area contributed by atoms with Crippen molar-refractivity contribution in [2.24, 2.45) is 28.8 Å². The Morgan fingerprint density at radius 3 is 2.12 bits per heavy atom. The molecular weight excluding hydrogens is 342 g/mol. The molecule has 0 N–H and O–H groups in total. The monoisotopic (exact) mass is 355 g/mol. The minimum absolute atomic E-state index is 0.0116. The molecule has 26 heavy (non-hydrogen) atoms. The number of hydrazone groups is 1. The van der Waals surface area contributed by atoms with Gasteiger partial charge in [-0.25, -0.2) is 0 Å². The van der Waals surface area contributed by atoms with Crippen LogP contribution < -0.4 is 10.2 Å². The van der Waals surface area contributed by atoms with Gasteiger partial charge in [-0.1, -0.05) is 18.2 Å². The lowest BCUT2D eigenvalue weighted by Crippen LogP contribution is -2.38. The highest BCUT2D eigenvalue weighted by Crippen LogP contribution is 2.49. The second-order valence-electron chi connectivity index (χ2n) is 6.69. The molecule has 1 saturated heterocycles. The number of amides is 2. The standard InChI is InChI=1S/C17H15N3O6/c21-12-6-13(22)11(20(25)26)5-10(12)7-18-19-16(23)14-8-1-2-9(4-3-8)15(14)17(19)24/h1-2,5-9,14-15,21-22H,3-4H2/p-2/b18-7-/t8-,9-,14-,15+/m0/s1. The van der Waals surface area contributed by atoms with Crippen molar-refractivity contribution in [2.75, 3.05) is 0 Å². The fourth-order valence-corrected chi connectivity index (χ4v) is 4.10. The van der Waals surface area contributed by atoms with Crippen LogP contribution >= 0.6 is 0 Å². The van der Waals surface area contributed by atoms with E-state index in [9.17, 15) is 29.9 Å². The molecule has 1 heterocycles. The zero-order valence-electron chi connectivity index (χ0n) is 13.4. The van der Waals surface area contributed by atoms with Crippen molar-refractivity contribution >= 4 is 23.7 Å². The zero-order chi connectivity index (χ0) is 18.6. The van der Waals surface area contributed by atoms with Crippen molar-refractivity contribution in [3.63, 3.8) is 0 Å². The minimum Gasteiger partial charge on any atom is -0.872 e. The van der Waals surface area contributed by atoms with Crippen LogP contribution in [0.2, 0.25) is 0 Å². The maximum absolute atomic E-state index is 12.6. The highest BCUT2D eigenvalue weighted by molar-refractivity contribution is 6.06. The third kappa shape index (κ3) is 2.27. The van der Waals surface area contributed by atoms with Gasteiger partial charge in [-0.3, -0.25) is 19.7 Å². The van der Waals surface area contributed by atoms with Gasteiger partial charge in [0, 0.05) is 6.07 Å². The molecule has 4 aliphatic rings. The molecule has 5 rings (SSSR count). The number of nitro groups is 1. The third-order valence-corrected chi connectivity index (χ3v) is 5.34. The van der Waals surface area contributed by atoms with Gasteiger partial charge in [0.25, 0.3) is 17.5 Å². The fourth-order valence-electron chi connectivity index (χ4n) is 4.10. The van der Waals surface area contributed by atoms with Gasteiger partial charge < -0.3 is 10.2 Å².